The van der Waals surface area contributed by atoms with Gasteiger partial charge in [0.15, 0.2) is 16.3 Å². The number of aromatic nitrogens is 2. The van der Waals surface area contributed by atoms with Crippen LogP contribution in [0.5, 0.6) is 0 Å². The molecule has 0 aliphatic heterocycles. The number of carbonyl (C=O) groups excluding carboxylic acids is 1. The van der Waals surface area contributed by atoms with Gasteiger partial charge in [0, 0.05) is 24.7 Å². The highest BCUT2D eigenvalue weighted by Gasteiger charge is 2.15. The first kappa shape index (κ1) is 13.4. The van der Waals surface area contributed by atoms with Crippen molar-refractivity contribution < 1.29 is 13.7 Å². The number of nitrogens with zero attached hydrogens (tertiary/aromatic N) is 3. The molecule has 2 aromatic heterocycles. The van der Waals surface area contributed by atoms with Crippen LogP contribution >= 0.6 is 11.3 Å². The summed E-state index contributed by atoms with van der Waals surface area (Å²) in [6, 6.07) is 7.51. The van der Waals surface area contributed by atoms with Crippen molar-refractivity contribution >= 4 is 17.2 Å². The number of hydrogen-bond donors (Lipinski definition) is 0. The number of amides is 1. The highest BCUT2D eigenvalue weighted by Crippen LogP contribution is 2.23. The molecule has 1 aromatic carbocycles. The Morgan fingerprint density at radius 3 is 2.95 bits per heavy atom. The Labute approximate surface area is 123 Å². The minimum absolute atomic E-state index is 0.0432. The maximum atomic E-state index is 13.6. The molecule has 0 saturated carbocycles. The van der Waals surface area contributed by atoms with Crippen molar-refractivity contribution in [3.8, 4) is 11.3 Å². The fraction of sp³-hybridized carbons (Fsp3) is 0.0714. The van der Waals surface area contributed by atoms with Crippen LogP contribution in [-0.2, 0) is 7.05 Å². The lowest BCUT2D eigenvalue weighted by atomic mass is 10.1. The Balaban J connectivity index is 1.94. The molecule has 0 N–H and O–H groups in total. The van der Waals surface area contributed by atoms with Crippen molar-refractivity contribution in [2.24, 2.45) is 12.0 Å². The quantitative estimate of drug-likeness (QED) is 0.731. The molecule has 0 spiro atoms. The number of benzene rings is 1. The smallest absolute Gasteiger partial charge is 0.301 e. The second-order valence-corrected chi connectivity index (χ2v) is 5.14. The highest BCUT2D eigenvalue weighted by atomic mass is 32.1. The first-order valence-electron chi connectivity index (χ1n) is 6.06. The summed E-state index contributed by atoms with van der Waals surface area (Å²) < 4.78 is 20.4. The molecule has 21 heavy (non-hydrogen) atoms. The summed E-state index contributed by atoms with van der Waals surface area (Å²) in [5, 5.41) is 5.47. The van der Waals surface area contributed by atoms with Gasteiger partial charge >= 0.3 is 5.91 Å². The van der Waals surface area contributed by atoms with E-state index in [-0.39, 0.29) is 17.0 Å². The SMILES string of the molecule is Cn1ccsc1=NC(=O)c1cc(-c2ccccc2F)on1. The van der Waals surface area contributed by atoms with Gasteiger partial charge in [0.2, 0.25) is 0 Å². The summed E-state index contributed by atoms with van der Waals surface area (Å²) in [5.41, 5.74) is 0.299. The third-order valence-corrected chi connectivity index (χ3v) is 3.67. The van der Waals surface area contributed by atoms with Crippen molar-refractivity contribution in [1.82, 2.24) is 9.72 Å². The molecule has 2 heterocycles. The van der Waals surface area contributed by atoms with Gasteiger partial charge in [-0.05, 0) is 12.1 Å². The third kappa shape index (κ3) is 2.68. The number of carbonyl (C=O) groups is 1. The molecule has 3 aromatic rings. The van der Waals surface area contributed by atoms with Crippen molar-refractivity contribution in [1.29, 1.82) is 0 Å². The van der Waals surface area contributed by atoms with E-state index in [1.54, 1.807) is 36.0 Å². The van der Waals surface area contributed by atoms with Crippen LogP contribution in [0.1, 0.15) is 10.5 Å². The second-order valence-electron chi connectivity index (χ2n) is 4.27. The van der Waals surface area contributed by atoms with Crippen LogP contribution in [0.3, 0.4) is 0 Å². The van der Waals surface area contributed by atoms with E-state index in [1.165, 1.54) is 23.5 Å². The molecule has 0 radical (unpaired) electrons. The lowest BCUT2D eigenvalue weighted by molar-refractivity contribution is 0.0989. The van der Waals surface area contributed by atoms with E-state index in [0.717, 1.165) is 0 Å². The molecule has 0 unspecified atom stereocenters. The van der Waals surface area contributed by atoms with Crippen LogP contribution in [0.25, 0.3) is 11.3 Å². The molecule has 5 nitrogen and oxygen atoms in total. The predicted molar refractivity (Wildman–Crippen MR) is 75.1 cm³/mol. The molecule has 3 rings (SSSR count). The molecular formula is C14H10FN3O2S. The van der Waals surface area contributed by atoms with Gasteiger partial charge in [-0.1, -0.05) is 17.3 Å². The normalized spacial score (nSPS) is 11.8. The van der Waals surface area contributed by atoms with E-state index < -0.39 is 11.7 Å². The maximum Gasteiger partial charge on any atom is 0.301 e. The van der Waals surface area contributed by atoms with Gasteiger partial charge in [-0.25, -0.2) is 4.39 Å². The molecular weight excluding hydrogens is 293 g/mol. The largest absolute Gasteiger partial charge is 0.355 e. The fourth-order valence-electron chi connectivity index (χ4n) is 1.74. The zero-order valence-electron chi connectivity index (χ0n) is 11.0. The minimum Gasteiger partial charge on any atom is -0.355 e. The molecule has 0 aliphatic rings. The Bertz CT molecular complexity index is 863. The van der Waals surface area contributed by atoms with Gasteiger partial charge in [0.25, 0.3) is 0 Å². The van der Waals surface area contributed by atoms with Gasteiger partial charge in [-0.3, -0.25) is 4.79 Å². The third-order valence-electron chi connectivity index (χ3n) is 2.83. The zero-order valence-corrected chi connectivity index (χ0v) is 11.8. The highest BCUT2D eigenvalue weighted by molar-refractivity contribution is 7.07. The molecule has 0 fully saturated rings. The van der Waals surface area contributed by atoms with Crippen LogP contribution in [0.4, 0.5) is 4.39 Å². The van der Waals surface area contributed by atoms with Crippen LogP contribution < -0.4 is 4.80 Å². The van der Waals surface area contributed by atoms with E-state index in [0.29, 0.717) is 4.80 Å². The maximum absolute atomic E-state index is 13.6. The summed E-state index contributed by atoms with van der Waals surface area (Å²) in [7, 11) is 1.79. The van der Waals surface area contributed by atoms with Crippen LogP contribution in [-0.4, -0.2) is 15.6 Å². The molecule has 0 bridgehead atoms. The molecule has 7 heteroatoms. The summed E-state index contributed by atoms with van der Waals surface area (Å²) in [6.07, 6.45) is 1.80. The number of rotatable bonds is 2. The van der Waals surface area contributed by atoms with Crippen molar-refractivity contribution in [3.63, 3.8) is 0 Å². The van der Waals surface area contributed by atoms with Gasteiger partial charge < -0.3 is 9.09 Å². The molecule has 1 amide bonds. The van der Waals surface area contributed by atoms with E-state index in [4.69, 9.17) is 4.52 Å². The zero-order chi connectivity index (χ0) is 14.8. The van der Waals surface area contributed by atoms with Gasteiger partial charge in [-0.2, -0.15) is 4.99 Å². The monoisotopic (exact) mass is 303 g/mol. The van der Waals surface area contributed by atoms with E-state index in [2.05, 4.69) is 10.1 Å². The van der Waals surface area contributed by atoms with Crippen LogP contribution in [0.2, 0.25) is 0 Å². The predicted octanol–water partition coefficient (Wildman–Crippen LogP) is 2.62. The number of thiazole rings is 1. The van der Waals surface area contributed by atoms with Crippen molar-refractivity contribution in [3.05, 3.63) is 58.2 Å². The van der Waals surface area contributed by atoms with Gasteiger partial charge in [0.05, 0.1) is 5.56 Å². The summed E-state index contributed by atoms with van der Waals surface area (Å²) >= 11 is 1.34. The topological polar surface area (TPSA) is 60.4 Å². The molecule has 0 saturated heterocycles. The number of aryl methyl sites for hydroxylation is 1. The minimum atomic E-state index is -0.528. The average molecular weight is 303 g/mol. The van der Waals surface area contributed by atoms with Crippen LogP contribution in [0.15, 0.2) is 51.4 Å². The van der Waals surface area contributed by atoms with E-state index >= 15 is 0 Å². The lowest BCUT2D eigenvalue weighted by Gasteiger charge is -1.95. The Hall–Kier alpha value is -2.54. The Morgan fingerprint density at radius 1 is 1.43 bits per heavy atom. The fourth-order valence-corrected chi connectivity index (χ4v) is 2.47. The number of halogens is 1. The summed E-state index contributed by atoms with van der Waals surface area (Å²) in [6.45, 7) is 0. The first-order valence-corrected chi connectivity index (χ1v) is 6.94. The average Bonchev–Trinajstić information content (AvgIpc) is 3.09. The van der Waals surface area contributed by atoms with E-state index in [1.807, 2.05) is 5.38 Å². The lowest BCUT2D eigenvalue weighted by Crippen LogP contribution is -2.12. The molecule has 106 valence electrons. The summed E-state index contributed by atoms with van der Waals surface area (Å²) in [4.78, 5) is 16.5. The van der Waals surface area contributed by atoms with Gasteiger partial charge in [-0.15, -0.1) is 11.3 Å². The van der Waals surface area contributed by atoms with E-state index in [9.17, 15) is 9.18 Å². The number of hydrogen-bond acceptors (Lipinski definition) is 4. The van der Waals surface area contributed by atoms with Crippen molar-refractivity contribution in [2.75, 3.05) is 0 Å². The van der Waals surface area contributed by atoms with Crippen molar-refractivity contribution in [2.45, 2.75) is 0 Å². The van der Waals surface area contributed by atoms with Gasteiger partial charge in [0.1, 0.15) is 5.82 Å². The molecule has 0 atom stereocenters. The Kier molecular flexibility index (Phi) is 3.49. The Morgan fingerprint density at radius 2 is 2.24 bits per heavy atom. The van der Waals surface area contributed by atoms with Crippen LogP contribution in [0, 0.1) is 5.82 Å². The molecule has 0 aliphatic carbocycles. The second kappa shape index (κ2) is 5.45. The first-order chi connectivity index (χ1) is 10.1. The summed E-state index contributed by atoms with van der Waals surface area (Å²) in [5.74, 6) is -0.768. The standard InChI is InChI=1S/C14H10FN3O2S/c1-18-6-7-21-14(18)16-13(19)11-8-12(20-17-11)9-4-2-3-5-10(9)15/h2-8H,1H3.